The third-order valence-electron chi connectivity index (χ3n) is 4.80. The summed E-state index contributed by atoms with van der Waals surface area (Å²) in [5.74, 6) is -0.448. The van der Waals surface area contributed by atoms with E-state index in [2.05, 4.69) is 24.4 Å². The molecule has 0 aliphatic heterocycles. The normalized spacial score (nSPS) is 12.9. The highest BCUT2D eigenvalue weighted by molar-refractivity contribution is 5.84. The molecule has 170 valence electrons. The summed E-state index contributed by atoms with van der Waals surface area (Å²) in [5, 5.41) is 2.73. The molecule has 0 radical (unpaired) electrons. The van der Waals surface area contributed by atoms with Crippen LogP contribution in [-0.2, 0) is 14.3 Å². The maximum atomic E-state index is 11.9. The molecular formula is C25H47NO3. The van der Waals surface area contributed by atoms with Gasteiger partial charge >= 0.3 is 5.97 Å². The average molecular weight is 410 g/mol. The zero-order valence-corrected chi connectivity index (χ0v) is 19.9. The number of carbonyl (C=O) groups is 2. The van der Waals surface area contributed by atoms with Crippen LogP contribution in [0.2, 0.25) is 0 Å². The molecule has 4 heteroatoms. The quantitative estimate of drug-likeness (QED) is 0.162. The van der Waals surface area contributed by atoms with Crippen molar-refractivity contribution in [2.24, 2.45) is 0 Å². The van der Waals surface area contributed by atoms with Crippen LogP contribution in [0.1, 0.15) is 125 Å². The summed E-state index contributed by atoms with van der Waals surface area (Å²) in [7, 11) is 0. The Hall–Kier alpha value is -1.32. The Bertz CT molecular complexity index is 451. The number of amides is 1. The number of hydrogen-bond donors (Lipinski definition) is 1. The molecule has 0 aromatic rings. The molecule has 0 aromatic heterocycles. The molecule has 1 unspecified atom stereocenters. The summed E-state index contributed by atoms with van der Waals surface area (Å²) >= 11 is 0. The van der Waals surface area contributed by atoms with Gasteiger partial charge in [0.1, 0.15) is 11.6 Å². The Morgan fingerprint density at radius 3 is 1.83 bits per heavy atom. The first-order chi connectivity index (χ1) is 13.8. The van der Waals surface area contributed by atoms with Gasteiger partial charge in [-0.15, -0.1) is 0 Å². The molecule has 0 aliphatic carbocycles. The van der Waals surface area contributed by atoms with E-state index in [9.17, 15) is 9.59 Å². The van der Waals surface area contributed by atoms with E-state index in [-0.39, 0.29) is 11.9 Å². The highest BCUT2D eigenvalue weighted by Gasteiger charge is 2.22. The molecule has 0 aliphatic rings. The van der Waals surface area contributed by atoms with E-state index in [0.717, 1.165) is 12.8 Å². The van der Waals surface area contributed by atoms with Crippen LogP contribution in [0.5, 0.6) is 0 Å². The van der Waals surface area contributed by atoms with Crippen LogP contribution in [0.4, 0.5) is 0 Å². The Labute approximate surface area is 180 Å². The first kappa shape index (κ1) is 27.7. The summed E-state index contributed by atoms with van der Waals surface area (Å²) in [5.41, 5.74) is -0.528. The Balaban J connectivity index is 3.50. The third kappa shape index (κ3) is 19.8. The van der Waals surface area contributed by atoms with Gasteiger partial charge in [0.2, 0.25) is 5.91 Å². The van der Waals surface area contributed by atoms with Gasteiger partial charge in [-0.05, 0) is 59.8 Å². The number of unbranched alkanes of at least 4 members (excludes halogenated alkanes) is 11. The predicted octanol–water partition coefficient (Wildman–Crippen LogP) is 6.87. The van der Waals surface area contributed by atoms with E-state index in [1.165, 1.54) is 70.6 Å². The third-order valence-corrected chi connectivity index (χ3v) is 4.80. The molecule has 1 N–H and O–H groups in total. The second-order valence-corrected chi connectivity index (χ2v) is 9.16. The molecule has 1 atom stereocenters. The van der Waals surface area contributed by atoms with E-state index in [0.29, 0.717) is 6.42 Å². The number of carbonyl (C=O) groups excluding carboxylic acids is 2. The van der Waals surface area contributed by atoms with Crippen molar-refractivity contribution in [3.63, 3.8) is 0 Å². The molecule has 1 amide bonds. The lowest BCUT2D eigenvalue weighted by Crippen LogP contribution is -2.42. The minimum atomic E-state index is -0.593. The van der Waals surface area contributed by atoms with Crippen LogP contribution in [-0.4, -0.2) is 23.5 Å². The van der Waals surface area contributed by atoms with E-state index < -0.39 is 11.6 Å². The van der Waals surface area contributed by atoms with Crippen molar-refractivity contribution in [1.82, 2.24) is 5.32 Å². The molecule has 29 heavy (non-hydrogen) atoms. The highest BCUT2D eigenvalue weighted by Crippen LogP contribution is 2.11. The fourth-order valence-electron chi connectivity index (χ4n) is 3.12. The lowest BCUT2D eigenvalue weighted by molar-refractivity contribution is -0.158. The van der Waals surface area contributed by atoms with Crippen LogP contribution in [0.15, 0.2) is 12.2 Å². The fraction of sp³-hybridized carbons (Fsp3) is 0.840. The van der Waals surface area contributed by atoms with Crippen molar-refractivity contribution in [2.75, 3.05) is 0 Å². The summed E-state index contributed by atoms with van der Waals surface area (Å²) < 4.78 is 5.27. The van der Waals surface area contributed by atoms with Gasteiger partial charge in [-0.3, -0.25) is 4.79 Å². The molecular weight excluding hydrogens is 362 g/mol. The fourth-order valence-corrected chi connectivity index (χ4v) is 3.12. The van der Waals surface area contributed by atoms with Crippen molar-refractivity contribution in [1.29, 1.82) is 0 Å². The van der Waals surface area contributed by atoms with Gasteiger partial charge in [0.25, 0.3) is 0 Å². The Morgan fingerprint density at radius 2 is 1.31 bits per heavy atom. The second-order valence-electron chi connectivity index (χ2n) is 9.16. The lowest BCUT2D eigenvalue weighted by atomic mass is 10.1. The standard InChI is InChI=1S/C25H47NO3/c1-6-7-8-9-10-11-12-13-14-15-16-17-18-19-20-21-23(27)26-22(2)24(28)29-25(3,4)5/h13-14,22H,6-12,15-21H2,1-5H3,(H,26,27)/b14-13-. The summed E-state index contributed by atoms with van der Waals surface area (Å²) in [6, 6.07) is -0.593. The lowest BCUT2D eigenvalue weighted by Gasteiger charge is -2.22. The second kappa shape index (κ2) is 17.5. The zero-order valence-electron chi connectivity index (χ0n) is 19.9. The van der Waals surface area contributed by atoms with E-state index in [4.69, 9.17) is 4.74 Å². The molecule has 0 saturated heterocycles. The van der Waals surface area contributed by atoms with Gasteiger partial charge in [0.05, 0.1) is 0 Å². The molecule has 0 rings (SSSR count). The minimum Gasteiger partial charge on any atom is -0.458 e. The number of rotatable bonds is 17. The number of allylic oxidation sites excluding steroid dienone is 2. The number of nitrogens with one attached hydrogen (secondary N) is 1. The molecule has 0 spiro atoms. The molecule has 0 saturated carbocycles. The van der Waals surface area contributed by atoms with Gasteiger partial charge in [-0.1, -0.05) is 70.4 Å². The van der Waals surface area contributed by atoms with E-state index in [1.807, 2.05) is 20.8 Å². The predicted molar refractivity (Wildman–Crippen MR) is 123 cm³/mol. The average Bonchev–Trinajstić information content (AvgIpc) is 2.63. The minimum absolute atomic E-state index is 0.0685. The van der Waals surface area contributed by atoms with Crippen LogP contribution >= 0.6 is 0 Å². The smallest absolute Gasteiger partial charge is 0.328 e. The Kier molecular flexibility index (Phi) is 16.7. The molecule has 0 bridgehead atoms. The number of esters is 1. The first-order valence-electron chi connectivity index (χ1n) is 11.9. The van der Waals surface area contributed by atoms with Gasteiger partial charge in [-0.25, -0.2) is 4.79 Å². The monoisotopic (exact) mass is 409 g/mol. The van der Waals surface area contributed by atoms with Crippen molar-refractivity contribution in [3.05, 3.63) is 12.2 Å². The first-order valence-corrected chi connectivity index (χ1v) is 11.9. The summed E-state index contributed by atoms with van der Waals surface area (Å²) in [6.07, 6.45) is 21.3. The van der Waals surface area contributed by atoms with Crippen LogP contribution in [0, 0.1) is 0 Å². The van der Waals surface area contributed by atoms with E-state index >= 15 is 0 Å². The Morgan fingerprint density at radius 1 is 0.828 bits per heavy atom. The van der Waals surface area contributed by atoms with Gasteiger partial charge in [0.15, 0.2) is 0 Å². The molecule has 4 nitrogen and oxygen atoms in total. The number of hydrogen-bond acceptors (Lipinski definition) is 3. The topological polar surface area (TPSA) is 55.4 Å². The van der Waals surface area contributed by atoms with Crippen LogP contribution in [0.3, 0.4) is 0 Å². The number of ether oxygens (including phenoxy) is 1. The van der Waals surface area contributed by atoms with Crippen LogP contribution < -0.4 is 5.32 Å². The van der Waals surface area contributed by atoms with Gasteiger partial charge < -0.3 is 10.1 Å². The SMILES string of the molecule is CCCCCCCC/C=C\CCCCCCCC(=O)NC(C)C(=O)OC(C)(C)C. The molecule has 0 aromatic carbocycles. The highest BCUT2D eigenvalue weighted by atomic mass is 16.6. The van der Waals surface area contributed by atoms with Crippen molar-refractivity contribution < 1.29 is 14.3 Å². The van der Waals surface area contributed by atoms with Gasteiger partial charge in [-0.2, -0.15) is 0 Å². The maximum Gasteiger partial charge on any atom is 0.328 e. The molecule has 0 heterocycles. The van der Waals surface area contributed by atoms with Crippen molar-refractivity contribution in [3.8, 4) is 0 Å². The summed E-state index contributed by atoms with van der Waals surface area (Å²) in [4.78, 5) is 23.8. The van der Waals surface area contributed by atoms with Gasteiger partial charge in [0, 0.05) is 6.42 Å². The largest absolute Gasteiger partial charge is 0.458 e. The molecule has 0 fully saturated rings. The van der Waals surface area contributed by atoms with Crippen molar-refractivity contribution >= 4 is 11.9 Å². The van der Waals surface area contributed by atoms with E-state index in [1.54, 1.807) is 6.92 Å². The summed E-state index contributed by atoms with van der Waals surface area (Å²) in [6.45, 7) is 9.40. The van der Waals surface area contributed by atoms with Crippen molar-refractivity contribution in [2.45, 2.75) is 136 Å². The zero-order chi connectivity index (χ0) is 22.0. The van der Waals surface area contributed by atoms with Crippen LogP contribution in [0.25, 0.3) is 0 Å². The maximum absolute atomic E-state index is 11.9.